The molecule has 0 fully saturated rings. The summed E-state index contributed by atoms with van der Waals surface area (Å²) in [4.78, 5) is 2.26. The summed E-state index contributed by atoms with van der Waals surface area (Å²) in [6, 6.07) is 10.9. The summed E-state index contributed by atoms with van der Waals surface area (Å²) in [5.74, 6) is 2.69. The van der Waals surface area contributed by atoms with Crippen LogP contribution in [0.5, 0.6) is 0 Å². The Morgan fingerprint density at radius 3 is 2.69 bits per heavy atom. The van der Waals surface area contributed by atoms with E-state index in [1.54, 1.807) is 0 Å². The van der Waals surface area contributed by atoms with Crippen molar-refractivity contribution in [2.45, 2.75) is 0 Å². The van der Waals surface area contributed by atoms with Gasteiger partial charge in [-0.2, -0.15) is 0 Å². The number of fused-ring (bicyclic) bond motifs is 2. The number of hydrogen-bond donors (Lipinski definition) is 0. The van der Waals surface area contributed by atoms with Crippen LogP contribution in [0.2, 0.25) is 0 Å². The molecule has 0 bridgehead atoms. The van der Waals surface area contributed by atoms with Crippen molar-refractivity contribution in [2.75, 3.05) is 0 Å². The first-order valence-electron chi connectivity index (χ1n) is 4.85. The average Bonchev–Trinajstić information content (AvgIpc) is 2.72. The third-order valence-electron chi connectivity index (χ3n) is 2.65. The van der Waals surface area contributed by atoms with Crippen molar-refractivity contribution in [1.29, 1.82) is 0 Å². The molecule has 0 N–H and O–H groups in total. The van der Waals surface area contributed by atoms with Gasteiger partial charge in [0.2, 0.25) is 0 Å². The molecule has 0 saturated heterocycles. The maximum atomic E-state index is 5.46. The molecule has 76 valence electrons. The fourth-order valence-corrected chi connectivity index (χ4v) is 4.04. The SMILES string of the molecule is C#Cc1cc2cc3cc[se]c3cc2cc1Br. The molecule has 0 aliphatic carbocycles. The Hall–Kier alpha value is -1.00. The Labute approximate surface area is 108 Å². The molecule has 0 aliphatic heterocycles. The molecule has 2 aromatic carbocycles. The molecule has 0 amide bonds. The van der Waals surface area contributed by atoms with Crippen LogP contribution in [0, 0.1) is 12.3 Å². The molecule has 0 spiro atoms. The van der Waals surface area contributed by atoms with Crippen LogP contribution < -0.4 is 0 Å². The quantitative estimate of drug-likeness (QED) is 0.433. The van der Waals surface area contributed by atoms with Crippen molar-refractivity contribution >= 4 is 50.9 Å². The second-order valence-corrected chi connectivity index (χ2v) is 6.48. The van der Waals surface area contributed by atoms with Gasteiger partial charge in [-0.3, -0.25) is 0 Å². The van der Waals surface area contributed by atoms with E-state index >= 15 is 0 Å². The molecule has 0 aliphatic rings. The van der Waals surface area contributed by atoms with Crippen molar-refractivity contribution in [3.05, 3.63) is 45.3 Å². The van der Waals surface area contributed by atoms with E-state index in [-0.39, 0.29) is 0 Å². The van der Waals surface area contributed by atoms with Crippen molar-refractivity contribution in [1.82, 2.24) is 0 Å². The average molecular weight is 334 g/mol. The summed E-state index contributed by atoms with van der Waals surface area (Å²) in [7, 11) is 0. The Kier molecular flexibility index (Phi) is 2.41. The van der Waals surface area contributed by atoms with Crippen molar-refractivity contribution < 1.29 is 0 Å². The van der Waals surface area contributed by atoms with E-state index in [4.69, 9.17) is 6.42 Å². The monoisotopic (exact) mass is 334 g/mol. The Bertz CT molecular complexity index is 731. The van der Waals surface area contributed by atoms with Gasteiger partial charge < -0.3 is 0 Å². The fourth-order valence-electron chi connectivity index (χ4n) is 1.84. The van der Waals surface area contributed by atoms with Gasteiger partial charge >= 0.3 is 109 Å². The molecule has 0 radical (unpaired) electrons. The maximum absolute atomic E-state index is 5.46. The van der Waals surface area contributed by atoms with E-state index in [1.807, 2.05) is 0 Å². The van der Waals surface area contributed by atoms with Crippen LogP contribution in [-0.4, -0.2) is 14.5 Å². The molecule has 0 atom stereocenters. The first-order valence-corrected chi connectivity index (χ1v) is 7.49. The zero-order valence-electron chi connectivity index (χ0n) is 8.33. The summed E-state index contributed by atoms with van der Waals surface area (Å²) in [5.41, 5.74) is 0.917. The standard InChI is InChI=1S/C14H7BrSe/c1-2-9-5-11-6-10-3-4-16-14(10)8-12(11)7-13(9)15/h1,3-8H. The molecule has 3 rings (SSSR count). The van der Waals surface area contributed by atoms with E-state index in [2.05, 4.69) is 57.1 Å². The Balaban J connectivity index is 2.46. The minimum atomic E-state index is 0.501. The van der Waals surface area contributed by atoms with Gasteiger partial charge in [0.25, 0.3) is 0 Å². The van der Waals surface area contributed by atoms with Crippen LogP contribution in [0.1, 0.15) is 5.56 Å². The Morgan fingerprint density at radius 1 is 1.06 bits per heavy atom. The number of halogens is 1. The normalized spacial score (nSPS) is 10.8. The van der Waals surface area contributed by atoms with E-state index in [1.165, 1.54) is 20.4 Å². The second kappa shape index (κ2) is 3.79. The van der Waals surface area contributed by atoms with Gasteiger partial charge in [-0.15, -0.1) is 0 Å². The van der Waals surface area contributed by atoms with E-state index in [9.17, 15) is 0 Å². The van der Waals surface area contributed by atoms with Crippen molar-refractivity contribution in [3.63, 3.8) is 0 Å². The van der Waals surface area contributed by atoms with E-state index < -0.39 is 0 Å². The topological polar surface area (TPSA) is 0 Å². The molecule has 16 heavy (non-hydrogen) atoms. The van der Waals surface area contributed by atoms with Gasteiger partial charge in [0.05, 0.1) is 0 Å². The van der Waals surface area contributed by atoms with Gasteiger partial charge in [-0.1, -0.05) is 0 Å². The van der Waals surface area contributed by atoms with Gasteiger partial charge in [0.1, 0.15) is 0 Å². The molecule has 2 heteroatoms. The zero-order valence-corrected chi connectivity index (χ0v) is 11.6. The molecule has 0 nitrogen and oxygen atoms in total. The zero-order chi connectivity index (χ0) is 11.1. The van der Waals surface area contributed by atoms with Crippen LogP contribution >= 0.6 is 15.9 Å². The summed E-state index contributed by atoms with van der Waals surface area (Å²) < 4.78 is 2.46. The summed E-state index contributed by atoms with van der Waals surface area (Å²) >= 11 is 4.01. The molecule has 1 heterocycles. The molecule has 0 unspecified atom stereocenters. The van der Waals surface area contributed by atoms with Crippen LogP contribution in [0.3, 0.4) is 0 Å². The van der Waals surface area contributed by atoms with Crippen LogP contribution in [0.25, 0.3) is 20.4 Å². The summed E-state index contributed by atoms with van der Waals surface area (Å²) in [5, 5.41) is 3.82. The summed E-state index contributed by atoms with van der Waals surface area (Å²) in [6.07, 6.45) is 5.46. The first-order chi connectivity index (χ1) is 7.78. The van der Waals surface area contributed by atoms with Crippen molar-refractivity contribution in [3.8, 4) is 12.3 Å². The minimum absolute atomic E-state index is 0.501. The van der Waals surface area contributed by atoms with Gasteiger partial charge in [-0.05, 0) is 0 Å². The predicted molar refractivity (Wildman–Crippen MR) is 74.0 cm³/mol. The molecular formula is C14H7BrSe. The first kappa shape index (κ1) is 10.2. The fraction of sp³-hybridized carbons (Fsp3) is 0. The number of hydrogen-bond acceptors (Lipinski definition) is 0. The number of benzene rings is 2. The third kappa shape index (κ3) is 1.53. The summed E-state index contributed by atoms with van der Waals surface area (Å²) in [6.45, 7) is 0. The van der Waals surface area contributed by atoms with E-state index in [0.29, 0.717) is 14.5 Å². The van der Waals surface area contributed by atoms with Gasteiger partial charge in [0.15, 0.2) is 0 Å². The molecular weight excluding hydrogens is 327 g/mol. The number of terminal acetylenes is 1. The predicted octanol–water partition coefficient (Wildman–Crippen LogP) is 3.79. The third-order valence-corrected chi connectivity index (χ3v) is 5.15. The Morgan fingerprint density at radius 2 is 1.88 bits per heavy atom. The van der Waals surface area contributed by atoms with Crippen LogP contribution in [0.15, 0.2) is 39.7 Å². The molecule has 0 saturated carbocycles. The molecule has 3 aromatic rings. The number of rotatable bonds is 0. The van der Waals surface area contributed by atoms with Crippen LogP contribution in [0.4, 0.5) is 0 Å². The molecule has 1 aromatic heterocycles. The van der Waals surface area contributed by atoms with Gasteiger partial charge in [-0.25, -0.2) is 0 Å². The van der Waals surface area contributed by atoms with Crippen molar-refractivity contribution in [2.24, 2.45) is 0 Å². The van der Waals surface area contributed by atoms with Crippen LogP contribution in [-0.2, 0) is 0 Å². The van der Waals surface area contributed by atoms with E-state index in [0.717, 1.165) is 10.0 Å². The van der Waals surface area contributed by atoms with Gasteiger partial charge in [0, 0.05) is 0 Å². The second-order valence-electron chi connectivity index (χ2n) is 3.63.